The maximum absolute atomic E-state index is 11.2. The van der Waals surface area contributed by atoms with E-state index in [2.05, 4.69) is 0 Å². The van der Waals surface area contributed by atoms with Crippen molar-refractivity contribution in [2.75, 3.05) is 0 Å². The first kappa shape index (κ1) is 13.8. The van der Waals surface area contributed by atoms with Gasteiger partial charge in [-0.1, -0.05) is 23.8 Å². The van der Waals surface area contributed by atoms with E-state index in [1.807, 2.05) is 32.0 Å². The maximum Gasteiger partial charge on any atom is 0.352 e. The van der Waals surface area contributed by atoms with Crippen molar-refractivity contribution in [3.63, 3.8) is 0 Å². The second-order valence-electron chi connectivity index (χ2n) is 4.70. The normalized spacial score (nSPS) is 10.5. The lowest BCUT2D eigenvalue weighted by Crippen LogP contribution is -2.09. The Labute approximate surface area is 115 Å². The van der Waals surface area contributed by atoms with Crippen LogP contribution >= 0.6 is 0 Å². The summed E-state index contributed by atoms with van der Waals surface area (Å²) in [4.78, 5) is 21.3. The van der Waals surface area contributed by atoms with Crippen LogP contribution in [0.5, 0.6) is 0 Å². The van der Waals surface area contributed by atoms with Gasteiger partial charge in [0.2, 0.25) is 0 Å². The molecule has 0 saturated carbocycles. The van der Waals surface area contributed by atoms with Crippen LogP contribution in [0.3, 0.4) is 0 Å². The van der Waals surface area contributed by atoms with Gasteiger partial charge in [0.1, 0.15) is 5.69 Å². The Morgan fingerprint density at radius 3 is 2.65 bits per heavy atom. The van der Waals surface area contributed by atoms with E-state index in [9.17, 15) is 14.9 Å². The molecular formula is C14H14N2O4. The highest BCUT2D eigenvalue weighted by molar-refractivity contribution is 5.87. The number of carboxylic acid groups (broad SMARTS) is 1. The zero-order valence-corrected chi connectivity index (χ0v) is 11.2. The van der Waals surface area contributed by atoms with Gasteiger partial charge in [-0.25, -0.2) is 4.79 Å². The first-order valence-corrected chi connectivity index (χ1v) is 6.02. The van der Waals surface area contributed by atoms with Crippen LogP contribution in [0.1, 0.15) is 27.2 Å². The Balaban J connectivity index is 2.44. The molecule has 0 aliphatic carbocycles. The van der Waals surface area contributed by atoms with Crippen molar-refractivity contribution < 1.29 is 14.8 Å². The van der Waals surface area contributed by atoms with E-state index in [4.69, 9.17) is 5.11 Å². The predicted molar refractivity (Wildman–Crippen MR) is 73.1 cm³/mol. The monoisotopic (exact) mass is 274 g/mol. The summed E-state index contributed by atoms with van der Waals surface area (Å²) >= 11 is 0. The van der Waals surface area contributed by atoms with Gasteiger partial charge >= 0.3 is 5.97 Å². The number of rotatable bonds is 4. The first-order chi connectivity index (χ1) is 9.38. The molecule has 0 aliphatic rings. The lowest BCUT2D eigenvalue weighted by Gasteiger charge is -2.09. The second kappa shape index (κ2) is 5.16. The number of benzene rings is 1. The van der Waals surface area contributed by atoms with Gasteiger partial charge in [0, 0.05) is 12.6 Å². The molecule has 0 aliphatic heterocycles. The number of nitrogens with zero attached hydrogens (tertiary/aromatic N) is 2. The molecule has 0 amide bonds. The standard InChI is InChI=1S/C14H14N2O4/c1-9-3-4-10(2)11(5-9)7-15-8-12(16(19)20)6-13(15)14(17)18/h3-6,8H,7H2,1-2H3,(H,17,18). The molecule has 0 atom stereocenters. The van der Waals surface area contributed by atoms with E-state index >= 15 is 0 Å². The van der Waals surface area contributed by atoms with Gasteiger partial charge in [-0.05, 0) is 25.0 Å². The molecule has 6 heteroatoms. The minimum atomic E-state index is -1.18. The fourth-order valence-corrected chi connectivity index (χ4v) is 2.06. The highest BCUT2D eigenvalue weighted by atomic mass is 16.6. The summed E-state index contributed by atoms with van der Waals surface area (Å²) in [6, 6.07) is 6.94. The Kier molecular flexibility index (Phi) is 3.56. The lowest BCUT2D eigenvalue weighted by molar-refractivity contribution is -0.384. The molecule has 2 rings (SSSR count). The number of carbonyl (C=O) groups is 1. The van der Waals surface area contributed by atoms with Crippen LogP contribution in [0.25, 0.3) is 0 Å². The number of aromatic nitrogens is 1. The molecular weight excluding hydrogens is 260 g/mol. The summed E-state index contributed by atoms with van der Waals surface area (Å²) in [5.41, 5.74) is 2.72. The summed E-state index contributed by atoms with van der Waals surface area (Å²) in [7, 11) is 0. The Hall–Kier alpha value is -2.63. The van der Waals surface area contributed by atoms with E-state index < -0.39 is 10.9 Å². The predicted octanol–water partition coefficient (Wildman–Crippen LogP) is 2.76. The average Bonchev–Trinajstić information content (AvgIpc) is 2.78. The van der Waals surface area contributed by atoms with Crippen LogP contribution in [0.2, 0.25) is 0 Å². The van der Waals surface area contributed by atoms with E-state index in [0.717, 1.165) is 22.8 Å². The smallest absolute Gasteiger partial charge is 0.352 e. The Morgan fingerprint density at radius 2 is 2.05 bits per heavy atom. The van der Waals surface area contributed by atoms with Crippen LogP contribution < -0.4 is 0 Å². The summed E-state index contributed by atoms with van der Waals surface area (Å²) in [5, 5.41) is 19.9. The number of hydrogen-bond donors (Lipinski definition) is 1. The summed E-state index contributed by atoms with van der Waals surface area (Å²) in [5.74, 6) is -1.18. The fourth-order valence-electron chi connectivity index (χ4n) is 2.06. The van der Waals surface area contributed by atoms with Crippen molar-refractivity contribution in [3.05, 3.63) is 63.0 Å². The minimum Gasteiger partial charge on any atom is -0.477 e. The second-order valence-corrected chi connectivity index (χ2v) is 4.70. The lowest BCUT2D eigenvalue weighted by atomic mass is 10.1. The van der Waals surface area contributed by atoms with E-state index in [-0.39, 0.29) is 11.4 Å². The van der Waals surface area contributed by atoms with Crippen molar-refractivity contribution in [3.8, 4) is 0 Å². The quantitative estimate of drug-likeness (QED) is 0.686. The molecule has 0 radical (unpaired) electrons. The van der Waals surface area contributed by atoms with Crippen LogP contribution in [0, 0.1) is 24.0 Å². The van der Waals surface area contributed by atoms with E-state index in [1.54, 1.807) is 0 Å². The maximum atomic E-state index is 11.2. The van der Waals surface area contributed by atoms with Crippen molar-refractivity contribution in [2.24, 2.45) is 0 Å². The molecule has 2 aromatic rings. The SMILES string of the molecule is Cc1ccc(C)c(Cn2cc([N+](=O)[O-])cc2C(=O)O)c1. The largest absolute Gasteiger partial charge is 0.477 e. The van der Waals surface area contributed by atoms with Gasteiger partial charge in [0.05, 0.1) is 11.1 Å². The molecule has 1 aromatic carbocycles. The molecule has 0 saturated heterocycles. The molecule has 1 N–H and O–H groups in total. The third kappa shape index (κ3) is 2.69. The first-order valence-electron chi connectivity index (χ1n) is 6.02. The highest BCUT2D eigenvalue weighted by Gasteiger charge is 2.19. The Morgan fingerprint density at radius 1 is 1.35 bits per heavy atom. The highest BCUT2D eigenvalue weighted by Crippen LogP contribution is 2.20. The number of hydrogen-bond acceptors (Lipinski definition) is 3. The molecule has 104 valence electrons. The molecule has 0 fully saturated rings. The zero-order valence-electron chi connectivity index (χ0n) is 11.2. The molecule has 0 unspecified atom stereocenters. The minimum absolute atomic E-state index is 0.0855. The van der Waals surface area contributed by atoms with Crippen molar-refractivity contribution in [2.45, 2.75) is 20.4 Å². The topological polar surface area (TPSA) is 85.4 Å². The number of nitro groups is 1. The van der Waals surface area contributed by atoms with Gasteiger partial charge in [0.15, 0.2) is 0 Å². The van der Waals surface area contributed by atoms with Crippen molar-refractivity contribution in [1.82, 2.24) is 4.57 Å². The van der Waals surface area contributed by atoms with Gasteiger partial charge in [-0.15, -0.1) is 0 Å². The summed E-state index contributed by atoms with van der Waals surface area (Å²) in [6.45, 7) is 4.16. The molecule has 0 bridgehead atoms. The van der Waals surface area contributed by atoms with Crippen LogP contribution in [0.4, 0.5) is 5.69 Å². The molecule has 0 spiro atoms. The number of aryl methyl sites for hydroxylation is 2. The van der Waals surface area contributed by atoms with Crippen molar-refractivity contribution >= 4 is 11.7 Å². The molecule has 20 heavy (non-hydrogen) atoms. The van der Waals surface area contributed by atoms with Crippen molar-refractivity contribution in [1.29, 1.82) is 0 Å². The van der Waals surface area contributed by atoms with Gasteiger partial charge in [0.25, 0.3) is 5.69 Å². The molecule has 1 aromatic heterocycles. The molecule has 1 heterocycles. The third-order valence-corrected chi connectivity index (χ3v) is 3.16. The van der Waals surface area contributed by atoms with Crippen LogP contribution in [-0.4, -0.2) is 20.6 Å². The summed E-state index contributed by atoms with van der Waals surface area (Å²) < 4.78 is 1.39. The zero-order chi connectivity index (χ0) is 14.9. The fraction of sp³-hybridized carbons (Fsp3) is 0.214. The van der Waals surface area contributed by atoms with E-state index in [0.29, 0.717) is 6.54 Å². The van der Waals surface area contributed by atoms with Gasteiger partial charge in [-0.2, -0.15) is 0 Å². The van der Waals surface area contributed by atoms with Gasteiger partial charge in [-0.3, -0.25) is 10.1 Å². The third-order valence-electron chi connectivity index (χ3n) is 3.16. The Bertz CT molecular complexity index is 688. The molecule has 6 nitrogen and oxygen atoms in total. The summed E-state index contributed by atoms with van der Waals surface area (Å²) in [6.07, 6.45) is 1.26. The number of aromatic carboxylic acids is 1. The average molecular weight is 274 g/mol. The van der Waals surface area contributed by atoms with E-state index in [1.165, 1.54) is 10.8 Å². The van der Waals surface area contributed by atoms with Crippen LogP contribution in [-0.2, 0) is 6.54 Å². The van der Waals surface area contributed by atoms with Crippen LogP contribution in [0.15, 0.2) is 30.5 Å². The van der Waals surface area contributed by atoms with Gasteiger partial charge < -0.3 is 9.67 Å². The number of carboxylic acids is 1.